The van der Waals surface area contributed by atoms with Gasteiger partial charge in [-0.1, -0.05) is 31.4 Å². The fraction of sp³-hybridized carbons (Fsp3) is 0.412. The highest BCUT2D eigenvalue weighted by Gasteiger charge is 2.34. The Bertz CT molecular complexity index is 613. The Hall–Kier alpha value is -2.30. The first-order chi connectivity index (χ1) is 10.7. The zero-order valence-corrected chi connectivity index (χ0v) is 12.8. The van der Waals surface area contributed by atoms with Gasteiger partial charge in [0, 0.05) is 6.04 Å². The van der Waals surface area contributed by atoms with Crippen LogP contribution in [-0.2, 0) is 4.79 Å². The van der Waals surface area contributed by atoms with Crippen LogP contribution in [0.4, 0.5) is 0 Å². The minimum atomic E-state index is -0.0831. The topological polar surface area (TPSA) is 67.9 Å². The van der Waals surface area contributed by atoms with Crippen molar-refractivity contribution in [2.45, 2.75) is 38.1 Å². The van der Waals surface area contributed by atoms with E-state index in [0.717, 1.165) is 37.0 Å². The van der Waals surface area contributed by atoms with E-state index in [-0.39, 0.29) is 11.9 Å². The lowest BCUT2D eigenvalue weighted by Crippen LogP contribution is -2.45. The third kappa shape index (κ3) is 2.84. The van der Waals surface area contributed by atoms with Crippen molar-refractivity contribution in [1.82, 2.24) is 4.90 Å². The van der Waals surface area contributed by atoms with Gasteiger partial charge in [0.2, 0.25) is 5.96 Å². The summed E-state index contributed by atoms with van der Waals surface area (Å²) in [5, 5.41) is 0. The predicted octanol–water partition coefficient (Wildman–Crippen LogP) is 2.53. The van der Waals surface area contributed by atoms with Crippen LogP contribution in [0.25, 0.3) is 6.08 Å². The van der Waals surface area contributed by atoms with Crippen LogP contribution in [0.15, 0.2) is 35.0 Å². The van der Waals surface area contributed by atoms with Crippen LogP contribution >= 0.6 is 0 Å². The smallest absolute Gasteiger partial charge is 0.279 e. The summed E-state index contributed by atoms with van der Waals surface area (Å²) in [6.45, 7) is 0. The normalized spacial score (nSPS) is 21.3. The number of rotatable bonds is 3. The molecule has 0 aromatic heterocycles. The second-order valence-corrected chi connectivity index (χ2v) is 5.74. The lowest BCUT2D eigenvalue weighted by molar-refractivity contribution is -0.124. The molecule has 2 aliphatic rings. The summed E-state index contributed by atoms with van der Waals surface area (Å²) in [4.78, 5) is 18.5. The Kier molecular flexibility index (Phi) is 4.13. The predicted molar refractivity (Wildman–Crippen MR) is 86.3 cm³/mol. The van der Waals surface area contributed by atoms with E-state index in [1.807, 2.05) is 24.3 Å². The summed E-state index contributed by atoms with van der Waals surface area (Å²) in [5.74, 6) is 1.03. The molecule has 5 nitrogen and oxygen atoms in total. The fourth-order valence-corrected chi connectivity index (χ4v) is 3.10. The number of ether oxygens (including phenoxy) is 1. The van der Waals surface area contributed by atoms with Gasteiger partial charge in [-0.2, -0.15) is 0 Å². The Balaban J connectivity index is 1.80. The van der Waals surface area contributed by atoms with Crippen molar-refractivity contribution in [3.8, 4) is 5.75 Å². The molecule has 1 aromatic rings. The van der Waals surface area contributed by atoms with Crippen LogP contribution in [0, 0.1) is 0 Å². The van der Waals surface area contributed by atoms with Crippen molar-refractivity contribution >= 4 is 17.9 Å². The molecule has 1 fully saturated rings. The highest BCUT2D eigenvalue weighted by Crippen LogP contribution is 2.27. The molecule has 0 atom stereocenters. The van der Waals surface area contributed by atoms with Gasteiger partial charge in [-0.25, -0.2) is 4.99 Å². The minimum absolute atomic E-state index is 0.0831. The Morgan fingerprint density at radius 2 is 1.91 bits per heavy atom. The number of guanidine groups is 1. The summed E-state index contributed by atoms with van der Waals surface area (Å²) in [5.41, 5.74) is 7.30. The van der Waals surface area contributed by atoms with Gasteiger partial charge in [0.15, 0.2) is 0 Å². The van der Waals surface area contributed by atoms with Gasteiger partial charge in [-0.05, 0) is 36.6 Å². The average Bonchev–Trinajstić information content (AvgIpc) is 2.83. The van der Waals surface area contributed by atoms with Gasteiger partial charge < -0.3 is 10.5 Å². The largest absolute Gasteiger partial charge is 0.497 e. The molecule has 1 saturated carbocycles. The van der Waals surface area contributed by atoms with Crippen LogP contribution < -0.4 is 10.5 Å². The van der Waals surface area contributed by atoms with E-state index in [2.05, 4.69) is 4.99 Å². The lowest BCUT2D eigenvalue weighted by atomic mass is 9.94. The van der Waals surface area contributed by atoms with E-state index in [1.54, 1.807) is 18.1 Å². The number of aliphatic imine (C=N–C) groups is 1. The van der Waals surface area contributed by atoms with Crippen molar-refractivity contribution in [2.75, 3.05) is 7.11 Å². The van der Waals surface area contributed by atoms with E-state index in [4.69, 9.17) is 10.5 Å². The molecule has 5 heteroatoms. The highest BCUT2D eigenvalue weighted by atomic mass is 16.5. The molecule has 1 aliphatic heterocycles. The molecule has 0 spiro atoms. The molecule has 1 aliphatic carbocycles. The van der Waals surface area contributed by atoms with Crippen LogP contribution in [0.2, 0.25) is 0 Å². The second kappa shape index (κ2) is 6.22. The Morgan fingerprint density at radius 1 is 1.23 bits per heavy atom. The summed E-state index contributed by atoms with van der Waals surface area (Å²) in [7, 11) is 1.63. The molecular formula is C17H21N3O2. The lowest BCUT2D eigenvalue weighted by Gasteiger charge is -2.30. The summed E-state index contributed by atoms with van der Waals surface area (Å²) in [6.07, 6.45) is 7.34. The van der Waals surface area contributed by atoms with Gasteiger partial charge in [0.05, 0.1) is 7.11 Å². The zero-order valence-electron chi connectivity index (χ0n) is 12.8. The maximum absolute atomic E-state index is 12.6. The summed E-state index contributed by atoms with van der Waals surface area (Å²) >= 11 is 0. The van der Waals surface area contributed by atoms with Gasteiger partial charge in [-0.3, -0.25) is 9.69 Å². The zero-order chi connectivity index (χ0) is 15.5. The Morgan fingerprint density at radius 3 is 2.55 bits per heavy atom. The van der Waals surface area contributed by atoms with Crippen molar-refractivity contribution in [3.63, 3.8) is 0 Å². The van der Waals surface area contributed by atoms with E-state index < -0.39 is 0 Å². The standard InChI is InChI=1S/C17H21N3O2/c1-22-14-9-7-12(8-10-14)11-15-16(21)20(17(18)19-15)13-5-3-2-4-6-13/h7-11,13H,2-6H2,1H3,(H2,18,19)/b15-11-. The molecule has 0 saturated heterocycles. The van der Waals surface area contributed by atoms with Crippen LogP contribution in [-0.4, -0.2) is 29.9 Å². The van der Waals surface area contributed by atoms with Crippen LogP contribution in [0.1, 0.15) is 37.7 Å². The SMILES string of the molecule is COc1ccc(/C=C2\N=C(N)N(C3CCCCC3)C2=O)cc1. The molecule has 22 heavy (non-hydrogen) atoms. The van der Waals surface area contributed by atoms with E-state index in [1.165, 1.54) is 6.42 Å². The van der Waals surface area contributed by atoms with Crippen molar-refractivity contribution in [2.24, 2.45) is 10.7 Å². The van der Waals surface area contributed by atoms with Gasteiger partial charge in [-0.15, -0.1) is 0 Å². The molecule has 1 heterocycles. The number of benzene rings is 1. The molecule has 3 rings (SSSR count). The van der Waals surface area contributed by atoms with E-state index >= 15 is 0 Å². The second-order valence-electron chi connectivity index (χ2n) is 5.74. The molecule has 0 unspecified atom stereocenters. The first kappa shape index (κ1) is 14.6. The fourth-order valence-electron chi connectivity index (χ4n) is 3.10. The van der Waals surface area contributed by atoms with E-state index in [9.17, 15) is 4.79 Å². The van der Waals surface area contributed by atoms with Crippen molar-refractivity contribution < 1.29 is 9.53 Å². The summed E-state index contributed by atoms with van der Waals surface area (Å²) in [6, 6.07) is 7.71. The van der Waals surface area contributed by atoms with Crippen LogP contribution in [0.3, 0.4) is 0 Å². The highest BCUT2D eigenvalue weighted by molar-refractivity contribution is 6.13. The summed E-state index contributed by atoms with van der Waals surface area (Å²) < 4.78 is 5.13. The molecule has 0 bridgehead atoms. The van der Waals surface area contributed by atoms with Gasteiger partial charge in [0.1, 0.15) is 11.4 Å². The number of methoxy groups -OCH3 is 1. The minimum Gasteiger partial charge on any atom is -0.497 e. The van der Waals surface area contributed by atoms with Crippen molar-refractivity contribution in [3.05, 3.63) is 35.5 Å². The quantitative estimate of drug-likeness (QED) is 0.872. The first-order valence-corrected chi connectivity index (χ1v) is 7.72. The maximum Gasteiger partial charge on any atom is 0.279 e. The van der Waals surface area contributed by atoms with Crippen LogP contribution in [0.5, 0.6) is 5.75 Å². The van der Waals surface area contributed by atoms with Crippen molar-refractivity contribution in [1.29, 1.82) is 0 Å². The molecular weight excluding hydrogens is 278 g/mol. The number of nitrogens with zero attached hydrogens (tertiary/aromatic N) is 2. The number of carbonyl (C=O) groups excluding carboxylic acids is 1. The molecule has 1 aromatic carbocycles. The molecule has 0 radical (unpaired) electrons. The Labute approximate surface area is 130 Å². The molecule has 116 valence electrons. The van der Waals surface area contributed by atoms with E-state index in [0.29, 0.717) is 11.7 Å². The first-order valence-electron chi connectivity index (χ1n) is 7.72. The molecule has 2 N–H and O–H groups in total. The molecule has 1 amide bonds. The van der Waals surface area contributed by atoms with Gasteiger partial charge >= 0.3 is 0 Å². The number of hydrogen-bond donors (Lipinski definition) is 1. The monoisotopic (exact) mass is 299 g/mol. The van der Waals surface area contributed by atoms with Gasteiger partial charge in [0.25, 0.3) is 5.91 Å². The maximum atomic E-state index is 12.6. The average molecular weight is 299 g/mol. The number of hydrogen-bond acceptors (Lipinski definition) is 4. The number of carbonyl (C=O) groups is 1. The third-order valence-electron chi connectivity index (χ3n) is 4.28. The third-order valence-corrected chi connectivity index (χ3v) is 4.28. The number of amides is 1. The number of nitrogens with two attached hydrogens (primary N) is 1.